The van der Waals surface area contributed by atoms with Crippen LogP contribution in [0.3, 0.4) is 0 Å². The van der Waals surface area contributed by atoms with Crippen LogP contribution in [0.4, 0.5) is 5.82 Å². The number of nitrogens with zero attached hydrogens (tertiary/aromatic N) is 8. The molecule has 1 atom stereocenters. The highest BCUT2D eigenvalue weighted by Gasteiger charge is 2.37. The van der Waals surface area contributed by atoms with E-state index in [1.807, 2.05) is 36.4 Å². The molecule has 11 nitrogen and oxygen atoms in total. The minimum Gasteiger partial charge on any atom is -0.481 e. The fourth-order valence-electron chi connectivity index (χ4n) is 4.92. The first-order chi connectivity index (χ1) is 18.6. The van der Waals surface area contributed by atoms with Crippen molar-refractivity contribution in [2.75, 3.05) is 18.6 Å². The molecule has 1 saturated heterocycles. The quantitative estimate of drug-likeness (QED) is 0.337. The lowest BCUT2D eigenvalue weighted by molar-refractivity contribution is 0.398. The van der Waals surface area contributed by atoms with Gasteiger partial charge < -0.3 is 9.64 Å². The van der Waals surface area contributed by atoms with Gasteiger partial charge in [-0.2, -0.15) is 23.7 Å². The third kappa shape index (κ3) is 3.91. The summed E-state index contributed by atoms with van der Waals surface area (Å²) in [6.07, 6.45) is 5.70. The van der Waals surface area contributed by atoms with E-state index in [9.17, 15) is 4.79 Å². The Kier molecular flexibility index (Phi) is 6.20. The van der Waals surface area contributed by atoms with Crippen molar-refractivity contribution >= 4 is 47.5 Å². The number of benzene rings is 1. The lowest BCUT2D eigenvalue weighted by Gasteiger charge is -2.42. The van der Waals surface area contributed by atoms with E-state index in [1.165, 1.54) is 6.33 Å². The van der Waals surface area contributed by atoms with Crippen LogP contribution in [0.25, 0.3) is 33.5 Å². The number of para-hydroxylation sites is 1. The van der Waals surface area contributed by atoms with Crippen LogP contribution in [0.5, 0.6) is 5.88 Å². The summed E-state index contributed by atoms with van der Waals surface area (Å²) >= 11 is 6.36. The van der Waals surface area contributed by atoms with Crippen LogP contribution in [0, 0.1) is 0 Å². The fraction of sp³-hybridized carbons (Fsp3) is 0.154. The molecule has 1 aromatic carbocycles. The van der Waals surface area contributed by atoms with Gasteiger partial charge in [-0.15, -0.1) is 0 Å². The van der Waals surface area contributed by atoms with Crippen LogP contribution < -0.4 is 15.2 Å². The molecule has 6 heterocycles. The molecule has 5 aromatic heterocycles. The Bertz CT molecular complexity index is 1870. The van der Waals surface area contributed by atoms with Crippen molar-refractivity contribution < 1.29 is 4.74 Å². The normalized spacial score (nSPS) is 14.8. The molecule has 7 rings (SSSR count). The van der Waals surface area contributed by atoms with E-state index in [4.69, 9.17) is 21.4 Å². The molecule has 0 amide bonds. The molecule has 39 heavy (non-hydrogen) atoms. The maximum Gasteiger partial charge on any atom is 0.284 e. The van der Waals surface area contributed by atoms with E-state index < -0.39 is 0 Å². The van der Waals surface area contributed by atoms with E-state index in [0.29, 0.717) is 39.4 Å². The van der Waals surface area contributed by atoms with Crippen molar-refractivity contribution in [1.29, 1.82) is 0 Å². The number of aromatic amines is 1. The predicted molar refractivity (Wildman–Crippen MR) is 152 cm³/mol. The molecule has 6 aromatic rings. The third-order valence-corrected chi connectivity index (χ3v) is 7.14. The Morgan fingerprint density at radius 3 is 2.64 bits per heavy atom. The van der Waals surface area contributed by atoms with E-state index in [1.54, 1.807) is 40.7 Å². The number of ether oxygens (including phenoxy) is 1. The standard InChI is InChI=1S/C26H20ClN9O2.H2S/c1-38-19-8-7-15(13-28-19)21-20-23(32-31-21)29-14-30-25(20)34-11-10-18(34)24-33-35-12-9-17(27)22(35)26(37)36(24)16-5-3-2-4-6-16;/h2-9,12-14,18H,10-11H2,1H3,(H,29,30,31,32);1H2/t18-;/m0./s1. The van der Waals surface area contributed by atoms with Gasteiger partial charge in [0.05, 0.1) is 34.9 Å². The number of aromatic nitrogens is 8. The molecule has 1 fully saturated rings. The van der Waals surface area contributed by atoms with Crippen molar-refractivity contribution in [3.8, 4) is 22.8 Å². The zero-order chi connectivity index (χ0) is 25.8. The molecular weight excluding hydrogens is 538 g/mol. The van der Waals surface area contributed by atoms with Gasteiger partial charge in [0.2, 0.25) is 5.88 Å². The maximum atomic E-state index is 13.7. The Labute approximate surface area is 233 Å². The average Bonchev–Trinajstić information content (AvgIpc) is 3.53. The second-order valence-electron chi connectivity index (χ2n) is 8.87. The van der Waals surface area contributed by atoms with Crippen molar-refractivity contribution in [3.05, 3.63) is 88.5 Å². The van der Waals surface area contributed by atoms with E-state index >= 15 is 0 Å². The number of pyridine rings is 1. The monoisotopic (exact) mass is 559 g/mol. The van der Waals surface area contributed by atoms with Gasteiger partial charge in [0, 0.05) is 30.6 Å². The minimum absolute atomic E-state index is 0. The summed E-state index contributed by atoms with van der Waals surface area (Å²) in [7, 11) is 1.58. The first-order valence-corrected chi connectivity index (χ1v) is 12.3. The Balaban J connectivity index is 0.00000277. The predicted octanol–water partition coefficient (Wildman–Crippen LogP) is 3.94. The van der Waals surface area contributed by atoms with Gasteiger partial charge in [-0.3, -0.25) is 14.5 Å². The van der Waals surface area contributed by atoms with Gasteiger partial charge in [0.15, 0.2) is 11.5 Å². The van der Waals surface area contributed by atoms with E-state index in [-0.39, 0.29) is 25.1 Å². The number of rotatable bonds is 5. The third-order valence-electron chi connectivity index (χ3n) is 6.83. The molecule has 0 unspecified atom stereocenters. The molecule has 0 spiro atoms. The maximum absolute atomic E-state index is 13.7. The van der Waals surface area contributed by atoms with Crippen molar-refractivity contribution in [3.63, 3.8) is 0 Å². The summed E-state index contributed by atoms with van der Waals surface area (Å²) < 4.78 is 8.39. The van der Waals surface area contributed by atoms with Crippen LogP contribution in [-0.2, 0) is 0 Å². The molecule has 1 aliphatic rings. The lowest BCUT2D eigenvalue weighted by atomic mass is 10.0. The molecule has 0 bridgehead atoms. The van der Waals surface area contributed by atoms with Gasteiger partial charge in [-0.05, 0) is 30.7 Å². The SMILES string of the molecule is COc1ccc(-c2[nH]nc3ncnc(N4CC[C@H]4c4nn5ccc(Cl)c5c(=O)n4-c4ccccc4)c23)cn1.S. The lowest BCUT2D eigenvalue weighted by Crippen LogP contribution is -2.45. The summed E-state index contributed by atoms with van der Waals surface area (Å²) in [6, 6.07) is 14.6. The number of H-pyrrole nitrogens is 1. The zero-order valence-electron chi connectivity index (χ0n) is 20.6. The van der Waals surface area contributed by atoms with Gasteiger partial charge in [0.1, 0.15) is 17.7 Å². The Morgan fingerprint density at radius 2 is 1.92 bits per heavy atom. The van der Waals surface area contributed by atoms with Crippen molar-refractivity contribution in [1.82, 2.24) is 39.3 Å². The van der Waals surface area contributed by atoms with Crippen LogP contribution in [0.1, 0.15) is 18.3 Å². The first-order valence-electron chi connectivity index (χ1n) is 12.0. The van der Waals surface area contributed by atoms with Gasteiger partial charge in [-0.25, -0.2) is 19.5 Å². The van der Waals surface area contributed by atoms with Crippen molar-refractivity contribution in [2.24, 2.45) is 0 Å². The number of fused-ring (bicyclic) bond motifs is 2. The average molecular weight is 560 g/mol. The van der Waals surface area contributed by atoms with Crippen LogP contribution in [0.2, 0.25) is 5.02 Å². The number of nitrogens with one attached hydrogen (secondary N) is 1. The highest BCUT2D eigenvalue weighted by Crippen LogP contribution is 2.41. The van der Waals surface area contributed by atoms with E-state index in [0.717, 1.165) is 29.6 Å². The van der Waals surface area contributed by atoms with Gasteiger partial charge in [0.25, 0.3) is 5.56 Å². The first kappa shape index (κ1) is 24.9. The Hall–Kier alpha value is -4.42. The smallest absolute Gasteiger partial charge is 0.284 e. The second-order valence-corrected chi connectivity index (χ2v) is 9.28. The van der Waals surface area contributed by atoms with Crippen LogP contribution in [0.15, 0.2) is 72.0 Å². The molecule has 1 N–H and O–H groups in total. The van der Waals surface area contributed by atoms with Gasteiger partial charge >= 0.3 is 0 Å². The summed E-state index contributed by atoms with van der Waals surface area (Å²) in [5.74, 6) is 1.81. The Morgan fingerprint density at radius 1 is 1.08 bits per heavy atom. The van der Waals surface area contributed by atoms with Crippen LogP contribution >= 0.6 is 25.1 Å². The molecule has 0 saturated carbocycles. The molecule has 13 heteroatoms. The van der Waals surface area contributed by atoms with Gasteiger partial charge in [-0.1, -0.05) is 29.8 Å². The summed E-state index contributed by atoms with van der Waals surface area (Å²) in [5.41, 5.74) is 2.92. The van der Waals surface area contributed by atoms with Crippen molar-refractivity contribution in [2.45, 2.75) is 12.5 Å². The largest absolute Gasteiger partial charge is 0.481 e. The highest BCUT2D eigenvalue weighted by atomic mass is 35.5. The van der Waals surface area contributed by atoms with E-state index in [2.05, 4.69) is 30.0 Å². The fourth-order valence-corrected chi connectivity index (χ4v) is 5.14. The molecule has 196 valence electrons. The van der Waals surface area contributed by atoms with Crippen LogP contribution in [-0.4, -0.2) is 53.0 Å². The molecule has 1 aliphatic heterocycles. The molecule has 0 radical (unpaired) electrons. The highest BCUT2D eigenvalue weighted by molar-refractivity contribution is 7.59. The minimum atomic E-state index is -0.232. The number of halogens is 1. The second kappa shape index (κ2) is 9.71. The summed E-state index contributed by atoms with van der Waals surface area (Å²) in [5, 5.41) is 13.5. The number of anilines is 1. The molecule has 0 aliphatic carbocycles. The topological polar surface area (TPSA) is 119 Å². The molecular formula is C26H22ClN9O2S. The summed E-state index contributed by atoms with van der Waals surface area (Å²) in [6.45, 7) is 0.720. The zero-order valence-corrected chi connectivity index (χ0v) is 22.4. The summed E-state index contributed by atoms with van der Waals surface area (Å²) in [4.78, 5) is 29.2. The number of hydrogen-bond donors (Lipinski definition) is 1. The number of methoxy groups -OCH3 is 1. The number of hydrogen-bond acceptors (Lipinski definition) is 8.